The predicted molar refractivity (Wildman–Crippen MR) is 83.9 cm³/mol. The van der Waals surface area contributed by atoms with Gasteiger partial charge in [0.1, 0.15) is 0 Å². The van der Waals surface area contributed by atoms with Gasteiger partial charge >= 0.3 is 0 Å². The second-order valence-corrected chi connectivity index (χ2v) is 5.11. The topological polar surface area (TPSA) is 59.2 Å². The summed E-state index contributed by atoms with van der Waals surface area (Å²) in [5.74, 6) is 0.0126. The SMILES string of the molecule is CC(c1ccncc1)N(C)C(=O)c1ccc(CCN)cc1. The number of nitrogens with zero attached hydrogens (tertiary/aromatic N) is 2. The van der Waals surface area contributed by atoms with E-state index < -0.39 is 0 Å². The molecule has 4 nitrogen and oxygen atoms in total. The Labute approximate surface area is 125 Å². The van der Waals surface area contributed by atoms with Crippen molar-refractivity contribution in [2.45, 2.75) is 19.4 Å². The average molecular weight is 283 g/mol. The van der Waals surface area contributed by atoms with Crippen LogP contribution in [0.4, 0.5) is 0 Å². The molecule has 1 atom stereocenters. The monoisotopic (exact) mass is 283 g/mol. The smallest absolute Gasteiger partial charge is 0.254 e. The second kappa shape index (κ2) is 6.99. The highest BCUT2D eigenvalue weighted by Crippen LogP contribution is 2.20. The summed E-state index contributed by atoms with van der Waals surface area (Å²) >= 11 is 0. The Morgan fingerprint density at radius 2 is 1.81 bits per heavy atom. The van der Waals surface area contributed by atoms with Crippen molar-refractivity contribution in [1.82, 2.24) is 9.88 Å². The molecule has 0 fully saturated rings. The largest absolute Gasteiger partial charge is 0.335 e. The molecule has 110 valence electrons. The quantitative estimate of drug-likeness (QED) is 0.916. The maximum atomic E-state index is 12.5. The van der Waals surface area contributed by atoms with E-state index in [0.717, 1.165) is 17.5 Å². The van der Waals surface area contributed by atoms with Gasteiger partial charge < -0.3 is 10.6 Å². The molecule has 0 bridgehead atoms. The molecule has 1 aromatic heterocycles. The fourth-order valence-electron chi connectivity index (χ4n) is 2.23. The van der Waals surface area contributed by atoms with Crippen LogP contribution in [0.1, 0.15) is 34.5 Å². The molecule has 1 aromatic carbocycles. The maximum absolute atomic E-state index is 12.5. The Hall–Kier alpha value is -2.20. The molecule has 0 aliphatic rings. The van der Waals surface area contributed by atoms with Gasteiger partial charge in [-0.25, -0.2) is 0 Å². The van der Waals surface area contributed by atoms with Crippen molar-refractivity contribution in [2.24, 2.45) is 5.73 Å². The number of benzene rings is 1. The number of carbonyl (C=O) groups is 1. The summed E-state index contributed by atoms with van der Waals surface area (Å²) in [6.07, 6.45) is 4.31. The van der Waals surface area contributed by atoms with Crippen LogP contribution in [-0.4, -0.2) is 29.4 Å². The van der Waals surface area contributed by atoms with E-state index in [1.165, 1.54) is 0 Å². The van der Waals surface area contributed by atoms with E-state index in [9.17, 15) is 4.79 Å². The van der Waals surface area contributed by atoms with Crippen LogP contribution in [0.3, 0.4) is 0 Å². The third-order valence-corrected chi connectivity index (χ3v) is 3.72. The lowest BCUT2D eigenvalue weighted by Gasteiger charge is -2.25. The summed E-state index contributed by atoms with van der Waals surface area (Å²) < 4.78 is 0. The number of aromatic nitrogens is 1. The first-order valence-electron chi connectivity index (χ1n) is 7.09. The Bertz CT molecular complexity index is 581. The summed E-state index contributed by atoms with van der Waals surface area (Å²) in [7, 11) is 1.82. The third kappa shape index (κ3) is 3.67. The molecule has 1 heterocycles. The average Bonchev–Trinajstić information content (AvgIpc) is 2.54. The first kappa shape index (κ1) is 15.2. The lowest BCUT2D eigenvalue weighted by molar-refractivity contribution is 0.0742. The van der Waals surface area contributed by atoms with Crippen LogP contribution in [0.2, 0.25) is 0 Å². The summed E-state index contributed by atoms with van der Waals surface area (Å²) in [5.41, 5.74) is 8.45. The van der Waals surface area contributed by atoms with Crippen molar-refractivity contribution < 1.29 is 4.79 Å². The van der Waals surface area contributed by atoms with Crippen LogP contribution in [0.5, 0.6) is 0 Å². The van der Waals surface area contributed by atoms with Crippen LogP contribution in [0.25, 0.3) is 0 Å². The molecule has 2 rings (SSSR count). The number of pyridine rings is 1. The lowest BCUT2D eigenvalue weighted by Crippen LogP contribution is -2.29. The standard InChI is InChI=1S/C17H21N3O/c1-13(15-8-11-19-12-9-15)20(2)17(21)16-5-3-14(4-6-16)7-10-18/h3-6,8-9,11-13H,7,10,18H2,1-2H3. The Morgan fingerprint density at radius 3 is 2.38 bits per heavy atom. The molecule has 2 N–H and O–H groups in total. The van der Waals surface area contributed by atoms with Gasteiger partial charge in [0.25, 0.3) is 5.91 Å². The number of hydrogen-bond donors (Lipinski definition) is 1. The summed E-state index contributed by atoms with van der Waals surface area (Å²) in [6.45, 7) is 2.63. The molecule has 0 saturated heterocycles. The number of hydrogen-bond acceptors (Lipinski definition) is 3. The fourth-order valence-corrected chi connectivity index (χ4v) is 2.23. The molecule has 0 aliphatic heterocycles. The highest BCUT2D eigenvalue weighted by molar-refractivity contribution is 5.94. The fraction of sp³-hybridized carbons (Fsp3) is 0.294. The van der Waals surface area contributed by atoms with Crippen molar-refractivity contribution in [1.29, 1.82) is 0 Å². The zero-order valence-corrected chi connectivity index (χ0v) is 12.5. The normalized spacial score (nSPS) is 12.0. The van der Waals surface area contributed by atoms with Gasteiger partial charge in [-0.15, -0.1) is 0 Å². The molecular formula is C17H21N3O. The summed E-state index contributed by atoms with van der Waals surface area (Å²) in [6, 6.07) is 11.5. The van der Waals surface area contributed by atoms with Crippen molar-refractivity contribution in [3.63, 3.8) is 0 Å². The predicted octanol–water partition coefficient (Wildman–Crippen LogP) is 2.42. The highest BCUT2D eigenvalue weighted by atomic mass is 16.2. The van der Waals surface area contributed by atoms with Crippen LogP contribution < -0.4 is 5.73 Å². The molecule has 0 radical (unpaired) electrons. The van der Waals surface area contributed by atoms with Crippen LogP contribution >= 0.6 is 0 Å². The van der Waals surface area contributed by atoms with Crippen molar-refractivity contribution in [2.75, 3.05) is 13.6 Å². The minimum atomic E-state index is 0.00391. The van der Waals surface area contributed by atoms with Gasteiger partial charge in [-0.2, -0.15) is 0 Å². The molecular weight excluding hydrogens is 262 g/mol. The molecule has 0 aliphatic carbocycles. The molecule has 0 spiro atoms. The van der Waals surface area contributed by atoms with E-state index in [0.29, 0.717) is 12.1 Å². The number of rotatable bonds is 5. The Morgan fingerprint density at radius 1 is 1.19 bits per heavy atom. The van der Waals surface area contributed by atoms with Gasteiger partial charge in [0.15, 0.2) is 0 Å². The van der Waals surface area contributed by atoms with Crippen LogP contribution in [-0.2, 0) is 6.42 Å². The van der Waals surface area contributed by atoms with Crippen molar-refractivity contribution >= 4 is 5.91 Å². The molecule has 0 saturated carbocycles. The van der Waals surface area contributed by atoms with Gasteiger partial charge in [-0.1, -0.05) is 12.1 Å². The number of nitrogens with two attached hydrogens (primary N) is 1. The highest BCUT2D eigenvalue weighted by Gasteiger charge is 2.18. The Kier molecular flexibility index (Phi) is 5.06. The van der Waals surface area contributed by atoms with E-state index in [2.05, 4.69) is 4.98 Å². The minimum absolute atomic E-state index is 0.00391. The van der Waals surface area contributed by atoms with Gasteiger partial charge in [-0.3, -0.25) is 9.78 Å². The van der Waals surface area contributed by atoms with E-state index >= 15 is 0 Å². The second-order valence-electron chi connectivity index (χ2n) is 5.11. The third-order valence-electron chi connectivity index (χ3n) is 3.72. The first-order chi connectivity index (χ1) is 10.1. The van der Waals surface area contributed by atoms with Gasteiger partial charge in [0.2, 0.25) is 0 Å². The molecule has 21 heavy (non-hydrogen) atoms. The Balaban J connectivity index is 2.11. The van der Waals surface area contributed by atoms with Crippen LogP contribution in [0.15, 0.2) is 48.8 Å². The summed E-state index contributed by atoms with van der Waals surface area (Å²) in [4.78, 5) is 18.3. The molecule has 4 heteroatoms. The minimum Gasteiger partial charge on any atom is -0.335 e. The van der Waals surface area contributed by atoms with Gasteiger partial charge in [0.05, 0.1) is 6.04 Å². The first-order valence-corrected chi connectivity index (χ1v) is 7.09. The number of carbonyl (C=O) groups excluding carboxylic acids is 1. The van der Waals surface area contributed by atoms with Gasteiger partial charge in [-0.05, 0) is 55.3 Å². The summed E-state index contributed by atoms with van der Waals surface area (Å²) in [5, 5.41) is 0. The van der Waals surface area contributed by atoms with Gasteiger partial charge in [0, 0.05) is 25.0 Å². The molecule has 1 unspecified atom stereocenters. The van der Waals surface area contributed by atoms with E-state index in [1.807, 2.05) is 50.4 Å². The molecule has 2 aromatic rings. The zero-order chi connectivity index (χ0) is 15.2. The number of amides is 1. The lowest BCUT2D eigenvalue weighted by atomic mass is 10.1. The zero-order valence-electron chi connectivity index (χ0n) is 12.5. The van der Waals surface area contributed by atoms with Crippen molar-refractivity contribution in [3.8, 4) is 0 Å². The van der Waals surface area contributed by atoms with E-state index in [-0.39, 0.29) is 11.9 Å². The molecule has 1 amide bonds. The van der Waals surface area contributed by atoms with Crippen molar-refractivity contribution in [3.05, 3.63) is 65.5 Å². The van der Waals surface area contributed by atoms with E-state index in [1.54, 1.807) is 17.3 Å². The maximum Gasteiger partial charge on any atom is 0.254 e. The van der Waals surface area contributed by atoms with E-state index in [4.69, 9.17) is 5.73 Å². The van der Waals surface area contributed by atoms with Crippen LogP contribution in [0, 0.1) is 0 Å².